The highest BCUT2D eigenvalue weighted by Gasteiger charge is 2.30. The lowest BCUT2D eigenvalue weighted by atomic mass is 9.74. The number of rotatable bonds is 5. The van der Waals surface area contributed by atoms with Crippen molar-refractivity contribution in [1.29, 1.82) is 0 Å². The van der Waals surface area contributed by atoms with Gasteiger partial charge in [0.15, 0.2) is 5.69 Å². The first-order chi connectivity index (χ1) is 10.1. The molecule has 0 atom stereocenters. The van der Waals surface area contributed by atoms with Crippen molar-refractivity contribution >= 4 is 11.7 Å². The van der Waals surface area contributed by atoms with Gasteiger partial charge in [-0.15, -0.1) is 10.2 Å². The lowest BCUT2D eigenvalue weighted by molar-refractivity contribution is 0.0821. The van der Waals surface area contributed by atoms with E-state index in [0.29, 0.717) is 18.1 Å². The first-order valence-corrected chi connectivity index (χ1v) is 7.56. The zero-order chi connectivity index (χ0) is 15.3. The Morgan fingerprint density at radius 3 is 2.52 bits per heavy atom. The highest BCUT2D eigenvalue weighted by Crippen LogP contribution is 2.35. The summed E-state index contributed by atoms with van der Waals surface area (Å²) in [7, 11) is 3.40. The maximum Gasteiger partial charge on any atom is 0.273 e. The van der Waals surface area contributed by atoms with Crippen LogP contribution in [0, 0.1) is 5.41 Å². The number of hydrogen-bond donors (Lipinski definition) is 2. The third kappa shape index (κ3) is 3.91. The zero-order valence-electron chi connectivity index (χ0n) is 12.9. The molecule has 1 heterocycles. The maximum atomic E-state index is 11.7. The molecule has 1 amide bonds. The summed E-state index contributed by atoms with van der Waals surface area (Å²) in [4.78, 5) is 13.2. The fraction of sp³-hybridized carbons (Fsp3) is 0.667. The van der Waals surface area contributed by atoms with Crippen molar-refractivity contribution < 1.29 is 4.79 Å². The van der Waals surface area contributed by atoms with E-state index in [4.69, 9.17) is 5.73 Å². The van der Waals surface area contributed by atoms with Gasteiger partial charge in [0.25, 0.3) is 5.91 Å². The summed E-state index contributed by atoms with van der Waals surface area (Å²) in [6.45, 7) is 1.52. The van der Waals surface area contributed by atoms with E-state index in [1.54, 1.807) is 26.2 Å². The molecule has 6 heteroatoms. The summed E-state index contributed by atoms with van der Waals surface area (Å²) < 4.78 is 0. The van der Waals surface area contributed by atoms with Crippen molar-refractivity contribution in [3.63, 3.8) is 0 Å². The van der Waals surface area contributed by atoms with E-state index in [1.807, 2.05) is 0 Å². The second-order valence-corrected chi connectivity index (χ2v) is 6.12. The van der Waals surface area contributed by atoms with E-state index in [2.05, 4.69) is 15.5 Å². The van der Waals surface area contributed by atoms with Gasteiger partial charge in [0.05, 0.1) is 0 Å². The van der Waals surface area contributed by atoms with E-state index in [1.165, 1.54) is 37.0 Å². The summed E-state index contributed by atoms with van der Waals surface area (Å²) in [5.41, 5.74) is 6.51. The summed E-state index contributed by atoms with van der Waals surface area (Å²) in [6.07, 6.45) is 6.15. The molecule has 116 valence electrons. The second kappa shape index (κ2) is 6.85. The molecule has 0 radical (unpaired) electrons. The largest absolute Gasteiger partial charge is 0.368 e. The monoisotopic (exact) mass is 291 g/mol. The van der Waals surface area contributed by atoms with E-state index >= 15 is 0 Å². The highest BCUT2D eigenvalue weighted by molar-refractivity contribution is 5.91. The number of carbonyl (C=O) groups excluding carboxylic acids is 1. The predicted molar refractivity (Wildman–Crippen MR) is 83.1 cm³/mol. The molecule has 0 bridgehead atoms. The summed E-state index contributed by atoms with van der Waals surface area (Å²) >= 11 is 0. The summed E-state index contributed by atoms with van der Waals surface area (Å²) in [5, 5.41) is 11.4. The molecular formula is C15H25N5O. The van der Waals surface area contributed by atoms with Crippen molar-refractivity contribution in [3.05, 3.63) is 17.8 Å². The highest BCUT2D eigenvalue weighted by atomic mass is 16.2. The number of hydrogen-bond acceptors (Lipinski definition) is 5. The van der Waals surface area contributed by atoms with Crippen LogP contribution in [0.5, 0.6) is 0 Å². The molecule has 1 fully saturated rings. The Kier molecular flexibility index (Phi) is 5.12. The number of amides is 1. The van der Waals surface area contributed by atoms with Crippen molar-refractivity contribution in [2.75, 3.05) is 32.5 Å². The maximum absolute atomic E-state index is 11.7. The van der Waals surface area contributed by atoms with Crippen LogP contribution in [0.15, 0.2) is 12.1 Å². The lowest BCUT2D eigenvalue weighted by Crippen LogP contribution is -2.39. The molecule has 1 aliphatic rings. The number of nitrogens with two attached hydrogens (primary N) is 1. The average Bonchev–Trinajstić information content (AvgIpc) is 2.53. The molecule has 0 unspecified atom stereocenters. The molecule has 1 saturated carbocycles. The molecule has 3 N–H and O–H groups in total. The van der Waals surface area contributed by atoms with Crippen molar-refractivity contribution in [3.8, 4) is 0 Å². The molecule has 21 heavy (non-hydrogen) atoms. The van der Waals surface area contributed by atoms with E-state index < -0.39 is 0 Å². The van der Waals surface area contributed by atoms with Crippen LogP contribution in [0.2, 0.25) is 0 Å². The third-order valence-corrected chi connectivity index (χ3v) is 4.28. The summed E-state index contributed by atoms with van der Waals surface area (Å²) in [5.74, 6) is 0.559. The summed E-state index contributed by atoms with van der Waals surface area (Å²) in [6, 6.07) is 3.50. The molecule has 2 rings (SSSR count). The minimum absolute atomic E-state index is 0.139. The second-order valence-electron chi connectivity index (χ2n) is 6.12. The van der Waals surface area contributed by atoms with Crippen LogP contribution in [0.1, 0.15) is 42.6 Å². The predicted octanol–water partition coefficient (Wildman–Crippen LogP) is 1.50. The van der Waals surface area contributed by atoms with E-state index in [-0.39, 0.29) is 11.3 Å². The van der Waals surface area contributed by atoms with Gasteiger partial charge in [0, 0.05) is 20.6 Å². The van der Waals surface area contributed by atoms with Crippen LogP contribution >= 0.6 is 0 Å². The number of carbonyl (C=O) groups is 1. The van der Waals surface area contributed by atoms with Crippen molar-refractivity contribution in [2.24, 2.45) is 11.1 Å². The molecule has 0 spiro atoms. The SMILES string of the molecule is CN(C)C(=O)c1ccc(NCC2(CN)CCCCC2)nn1. The number of aromatic nitrogens is 2. The fourth-order valence-corrected chi connectivity index (χ4v) is 2.80. The first-order valence-electron chi connectivity index (χ1n) is 7.56. The zero-order valence-corrected chi connectivity index (χ0v) is 12.9. The average molecular weight is 291 g/mol. The third-order valence-electron chi connectivity index (χ3n) is 4.28. The van der Waals surface area contributed by atoms with Gasteiger partial charge in [-0.05, 0) is 36.9 Å². The van der Waals surface area contributed by atoms with E-state index in [9.17, 15) is 4.79 Å². The molecule has 1 aromatic rings. The van der Waals surface area contributed by atoms with Crippen LogP contribution < -0.4 is 11.1 Å². The minimum atomic E-state index is -0.139. The van der Waals surface area contributed by atoms with Crippen LogP contribution in [0.25, 0.3) is 0 Å². The molecule has 0 aromatic carbocycles. The van der Waals surface area contributed by atoms with Gasteiger partial charge >= 0.3 is 0 Å². The van der Waals surface area contributed by atoms with Crippen LogP contribution in [0.4, 0.5) is 5.82 Å². The molecule has 1 aliphatic carbocycles. The Labute approximate surface area is 126 Å². The smallest absolute Gasteiger partial charge is 0.273 e. The normalized spacial score (nSPS) is 17.3. The Morgan fingerprint density at radius 2 is 2.00 bits per heavy atom. The van der Waals surface area contributed by atoms with E-state index in [0.717, 1.165) is 6.54 Å². The van der Waals surface area contributed by atoms with Gasteiger partial charge in [0.1, 0.15) is 5.82 Å². The topological polar surface area (TPSA) is 84.1 Å². The molecule has 1 aromatic heterocycles. The van der Waals surface area contributed by atoms with Crippen LogP contribution in [0.3, 0.4) is 0 Å². The number of nitrogens with one attached hydrogen (secondary N) is 1. The Bertz CT molecular complexity index is 465. The van der Waals surface area contributed by atoms with Gasteiger partial charge in [-0.1, -0.05) is 19.3 Å². The number of anilines is 1. The van der Waals surface area contributed by atoms with Gasteiger partial charge in [-0.2, -0.15) is 0 Å². The van der Waals surface area contributed by atoms with Gasteiger partial charge in [-0.25, -0.2) is 0 Å². The Morgan fingerprint density at radius 1 is 1.29 bits per heavy atom. The minimum Gasteiger partial charge on any atom is -0.368 e. The van der Waals surface area contributed by atoms with Gasteiger partial charge in [0.2, 0.25) is 0 Å². The molecular weight excluding hydrogens is 266 g/mol. The molecule has 6 nitrogen and oxygen atoms in total. The first kappa shape index (κ1) is 15.7. The van der Waals surface area contributed by atoms with Gasteiger partial charge < -0.3 is 16.0 Å². The Balaban J connectivity index is 1.95. The van der Waals surface area contributed by atoms with Crippen molar-refractivity contribution in [2.45, 2.75) is 32.1 Å². The fourth-order valence-electron chi connectivity index (χ4n) is 2.80. The van der Waals surface area contributed by atoms with Crippen LogP contribution in [-0.4, -0.2) is 48.2 Å². The molecule has 0 saturated heterocycles. The quantitative estimate of drug-likeness (QED) is 0.859. The van der Waals surface area contributed by atoms with Crippen LogP contribution in [-0.2, 0) is 0 Å². The molecule has 0 aliphatic heterocycles. The van der Waals surface area contributed by atoms with Gasteiger partial charge in [-0.3, -0.25) is 4.79 Å². The van der Waals surface area contributed by atoms with Crippen molar-refractivity contribution in [1.82, 2.24) is 15.1 Å². The lowest BCUT2D eigenvalue weighted by Gasteiger charge is -2.36. The standard InChI is InChI=1S/C15H25N5O/c1-20(2)14(21)12-6-7-13(19-18-12)17-11-15(10-16)8-4-3-5-9-15/h6-7H,3-5,8-11,16H2,1-2H3,(H,17,19). The Hall–Kier alpha value is -1.69. The number of nitrogens with zero attached hydrogens (tertiary/aromatic N) is 3.